The maximum Gasteiger partial charge on any atom is 0.231 e. The lowest BCUT2D eigenvalue weighted by atomic mass is 9.93. The van der Waals surface area contributed by atoms with Gasteiger partial charge in [0.1, 0.15) is 5.01 Å². The lowest BCUT2D eigenvalue weighted by Gasteiger charge is -2.17. The van der Waals surface area contributed by atoms with Crippen LogP contribution >= 0.6 is 11.3 Å². The van der Waals surface area contributed by atoms with Crippen molar-refractivity contribution in [2.24, 2.45) is 11.3 Å². The molecule has 1 aromatic heterocycles. The number of hydrogen-bond acceptors (Lipinski definition) is 6. The van der Waals surface area contributed by atoms with E-state index in [4.69, 9.17) is 0 Å². The third-order valence-corrected chi connectivity index (χ3v) is 5.21. The fourth-order valence-corrected chi connectivity index (χ4v) is 4.14. The fraction of sp³-hybridized carbons (Fsp3) is 0.450. The molecule has 1 fully saturated rings. The normalized spacial score (nSPS) is 16.8. The number of amides is 3. The van der Waals surface area contributed by atoms with Gasteiger partial charge in [-0.3, -0.25) is 14.4 Å². The Balaban J connectivity index is 1.61. The molecule has 1 aliphatic rings. The van der Waals surface area contributed by atoms with Crippen molar-refractivity contribution in [2.45, 2.75) is 40.5 Å². The first-order valence-corrected chi connectivity index (χ1v) is 10.2. The molecule has 0 aliphatic carbocycles. The van der Waals surface area contributed by atoms with Gasteiger partial charge in [-0.2, -0.15) is 0 Å². The third kappa shape index (κ3) is 5.60. The first-order chi connectivity index (χ1) is 13.6. The van der Waals surface area contributed by atoms with Gasteiger partial charge in [-0.1, -0.05) is 32.1 Å². The number of hydrogen-bond donors (Lipinski definition) is 2. The van der Waals surface area contributed by atoms with E-state index in [0.29, 0.717) is 23.1 Å². The van der Waals surface area contributed by atoms with Gasteiger partial charge in [0.25, 0.3) is 0 Å². The molecule has 0 saturated carbocycles. The minimum absolute atomic E-state index is 0.0919. The molecule has 8 nitrogen and oxygen atoms in total. The van der Waals surface area contributed by atoms with E-state index in [-0.39, 0.29) is 29.6 Å². The van der Waals surface area contributed by atoms with Crippen LogP contribution in [-0.4, -0.2) is 34.5 Å². The van der Waals surface area contributed by atoms with Crippen LogP contribution in [0.1, 0.15) is 39.1 Å². The molecule has 3 rings (SSSR count). The summed E-state index contributed by atoms with van der Waals surface area (Å²) in [6.07, 6.45) is 0.928. The lowest BCUT2D eigenvalue weighted by Crippen LogP contribution is -2.28. The van der Waals surface area contributed by atoms with E-state index in [0.717, 1.165) is 11.4 Å². The SMILES string of the molecule is CC(=O)Nc1ccc(N2CC(C(=O)Nc3nnc(CC(C)(C)C)s3)CC2=O)cc1. The smallest absolute Gasteiger partial charge is 0.231 e. The van der Waals surface area contributed by atoms with Gasteiger partial charge in [0.15, 0.2) is 0 Å². The van der Waals surface area contributed by atoms with E-state index >= 15 is 0 Å². The van der Waals surface area contributed by atoms with E-state index in [9.17, 15) is 14.4 Å². The summed E-state index contributed by atoms with van der Waals surface area (Å²) in [6.45, 7) is 8.10. The highest BCUT2D eigenvalue weighted by Crippen LogP contribution is 2.28. The highest BCUT2D eigenvalue weighted by atomic mass is 32.1. The summed E-state index contributed by atoms with van der Waals surface area (Å²) in [4.78, 5) is 37.7. The topological polar surface area (TPSA) is 104 Å². The molecular formula is C20H25N5O3S. The Hall–Kier alpha value is -2.81. The molecule has 1 unspecified atom stereocenters. The van der Waals surface area contributed by atoms with Crippen LogP contribution in [0.15, 0.2) is 24.3 Å². The van der Waals surface area contributed by atoms with Crippen LogP contribution in [0.5, 0.6) is 0 Å². The van der Waals surface area contributed by atoms with Crippen molar-refractivity contribution in [3.8, 4) is 0 Å². The molecule has 1 aromatic carbocycles. The number of carbonyl (C=O) groups is 3. The third-order valence-electron chi connectivity index (χ3n) is 4.37. The second-order valence-corrected chi connectivity index (χ2v) is 9.42. The molecule has 0 radical (unpaired) electrons. The van der Waals surface area contributed by atoms with Crippen LogP contribution in [0.3, 0.4) is 0 Å². The molecule has 3 amide bonds. The molecule has 29 heavy (non-hydrogen) atoms. The lowest BCUT2D eigenvalue weighted by molar-refractivity contribution is -0.122. The predicted octanol–water partition coefficient (Wildman–Crippen LogP) is 3.08. The zero-order valence-corrected chi connectivity index (χ0v) is 17.8. The van der Waals surface area contributed by atoms with Crippen molar-refractivity contribution in [1.82, 2.24) is 10.2 Å². The number of aromatic nitrogens is 2. The van der Waals surface area contributed by atoms with Gasteiger partial charge in [0.2, 0.25) is 22.9 Å². The molecular weight excluding hydrogens is 390 g/mol. The van der Waals surface area contributed by atoms with Crippen LogP contribution in [0.4, 0.5) is 16.5 Å². The van der Waals surface area contributed by atoms with E-state index < -0.39 is 5.92 Å². The van der Waals surface area contributed by atoms with Gasteiger partial charge in [-0.05, 0) is 29.7 Å². The summed E-state index contributed by atoms with van der Waals surface area (Å²) >= 11 is 1.36. The quantitative estimate of drug-likeness (QED) is 0.781. The van der Waals surface area contributed by atoms with Gasteiger partial charge in [-0.25, -0.2) is 0 Å². The summed E-state index contributed by atoms with van der Waals surface area (Å²) in [5, 5.41) is 15.0. The van der Waals surface area contributed by atoms with Gasteiger partial charge in [-0.15, -0.1) is 10.2 Å². The largest absolute Gasteiger partial charge is 0.326 e. The van der Waals surface area contributed by atoms with Gasteiger partial charge in [0, 0.05) is 37.7 Å². The minimum Gasteiger partial charge on any atom is -0.326 e. The molecule has 1 aliphatic heterocycles. The zero-order valence-electron chi connectivity index (χ0n) is 17.0. The Morgan fingerprint density at radius 3 is 2.48 bits per heavy atom. The van der Waals surface area contributed by atoms with Gasteiger partial charge in [0.05, 0.1) is 5.92 Å². The van der Waals surface area contributed by atoms with Gasteiger partial charge >= 0.3 is 0 Å². The van der Waals surface area contributed by atoms with Crippen LogP contribution in [0, 0.1) is 11.3 Å². The zero-order chi connectivity index (χ0) is 21.2. The highest BCUT2D eigenvalue weighted by molar-refractivity contribution is 7.15. The molecule has 2 aromatic rings. The van der Waals surface area contributed by atoms with Crippen molar-refractivity contribution < 1.29 is 14.4 Å². The second-order valence-electron chi connectivity index (χ2n) is 8.36. The summed E-state index contributed by atoms with van der Waals surface area (Å²) in [7, 11) is 0. The van der Waals surface area contributed by atoms with E-state index in [1.165, 1.54) is 18.3 Å². The molecule has 154 valence electrons. The molecule has 9 heteroatoms. The van der Waals surface area contributed by atoms with Crippen LogP contribution in [-0.2, 0) is 20.8 Å². The van der Waals surface area contributed by atoms with E-state index in [2.05, 4.69) is 41.6 Å². The highest BCUT2D eigenvalue weighted by Gasteiger charge is 2.35. The standard InChI is InChI=1S/C20H25N5O3S/c1-12(26)21-14-5-7-15(8-6-14)25-11-13(9-17(25)27)18(28)22-19-24-23-16(29-19)10-20(2,3)4/h5-8,13H,9-11H2,1-4H3,(H,21,26)(H,22,24,28). The maximum atomic E-state index is 12.6. The Bertz CT molecular complexity index is 917. The molecule has 2 N–H and O–H groups in total. The number of anilines is 3. The number of nitrogens with one attached hydrogen (secondary N) is 2. The first kappa shape index (κ1) is 20.9. The van der Waals surface area contributed by atoms with E-state index in [1.54, 1.807) is 29.2 Å². The summed E-state index contributed by atoms with van der Waals surface area (Å²) in [5.74, 6) is -0.946. The summed E-state index contributed by atoms with van der Waals surface area (Å²) in [5.41, 5.74) is 1.45. The maximum absolute atomic E-state index is 12.6. The Morgan fingerprint density at radius 2 is 1.86 bits per heavy atom. The van der Waals surface area contributed by atoms with Gasteiger partial charge < -0.3 is 15.5 Å². The number of nitrogens with zero attached hydrogens (tertiary/aromatic N) is 3. The first-order valence-electron chi connectivity index (χ1n) is 9.42. The van der Waals surface area contributed by atoms with E-state index in [1.807, 2.05) is 0 Å². The Kier molecular flexibility index (Phi) is 5.97. The average molecular weight is 416 g/mol. The molecule has 2 heterocycles. The van der Waals surface area contributed by atoms with Crippen LogP contribution < -0.4 is 15.5 Å². The Labute approximate surface area is 173 Å². The number of benzene rings is 1. The number of carbonyl (C=O) groups excluding carboxylic acids is 3. The van der Waals surface area contributed by atoms with Crippen molar-refractivity contribution in [3.05, 3.63) is 29.3 Å². The second kappa shape index (κ2) is 8.28. The van der Waals surface area contributed by atoms with Crippen LogP contribution in [0.2, 0.25) is 0 Å². The van der Waals surface area contributed by atoms with Crippen LogP contribution in [0.25, 0.3) is 0 Å². The average Bonchev–Trinajstić information content (AvgIpc) is 3.20. The Morgan fingerprint density at radius 1 is 1.17 bits per heavy atom. The van der Waals surface area contributed by atoms with Crippen molar-refractivity contribution in [3.63, 3.8) is 0 Å². The predicted molar refractivity (Wildman–Crippen MR) is 113 cm³/mol. The molecule has 1 saturated heterocycles. The minimum atomic E-state index is -0.451. The summed E-state index contributed by atoms with van der Waals surface area (Å²) < 4.78 is 0. The summed E-state index contributed by atoms with van der Waals surface area (Å²) in [6, 6.07) is 6.98. The molecule has 0 spiro atoms. The van der Waals surface area contributed by atoms with Crippen molar-refractivity contribution >= 4 is 45.6 Å². The molecule has 0 bridgehead atoms. The van der Waals surface area contributed by atoms with Crippen molar-refractivity contribution in [2.75, 3.05) is 22.1 Å². The molecule has 1 atom stereocenters. The number of rotatable bonds is 5. The monoisotopic (exact) mass is 415 g/mol. The van der Waals surface area contributed by atoms with Crippen molar-refractivity contribution in [1.29, 1.82) is 0 Å². The fourth-order valence-electron chi connectivity index (χ4n) is 3.10.